The number of carbonyl (C=O) groups excluding carboxylic acids is 1. The molecule has 0 radical (unpaired) electrons. The third kappa shape index (κ3) is 5.15. The van der Waals surface area contributed by atoms with Crippen LogP contribution in [0.5, 0.6) is 0 Å². The molecule has 0 bridgehead atoms. The molecule has 234 valence electrons. The van der Waals surface area contributed by atoms with Crippen LogP contribution in [0.3, 0.4) is 0 Å². The fourth-order valence-electron chi connectivity index (χ4n) is 7.45. The number of carbonyl (C=O) groups is 1. The number of aliphatic hydroxyl groups is 1. The maximum atomic E-state index is 14.7. The monoisotopic (exact) mass is 648 g/mol. The Morgan fingerprint density at radius 2 is 1.93 bits per heavy atom. The number of aryl methyl sites for hydroxylation is 1. The van der Waals surface area contributed by atoms with Crippen LogP contribution in [0.2, 0.25) is 5.02 Å². The number of ketones is 1. The predicted octanol–water partition coefficient (Wildman–Crippen LogP) is 5.06. The van der Waals surface area contributed by atoms with Crippen LogP contribution in [0.1, 0.15) is 60.8 Å². The number of hydrogen-bond acceptors (Lipinski definition) is 6. The maximum absolute atomic E-state index is 14.7. The quantitative estimate of drug-likeness (QED) is 0.222. The Bertz CT molecular complexity index is 1940. The lowest BCUT2D eigenvalue weighted by Gasteiger charge is -2.53. The molecule has 2 fully saturated rings. The minimum Gasteiger partial charge on any atom is -0.390 e. The second-order valence-electron chi connectivity index (χ2n) is 12.8. The second-order valence-corrected chi connectivity index (χ2v) is 15.4. The minimum absolute atomic E-state index is 0.157. The highest BCUT2D eigenvalue weighted by Gasteiger charge is 2.54. The smallest absolute Gasteiger partial charge is 0.191 e. The molecule has 4 aromatic rings. The van der Waals surface area contributed by atoms with E-state index in [0.717, 1.165) is 16.8 Å². The van der Waals surface area contributed by atoms with Gasteiger partial charge in [0.15, 0.2) is 10.8 Å². The first kappa shape index (κ1) is 30.0. The zero-order valence-electron chi connectivity index (χ0n) is 25.1. The van der Waals surface area contributed by atoms with E-state index >= 15 is 0 Å². The first-order chi connectivity index (χ1) is 21.4. The number of pyridine rings is 1. The summed E-state index contributed by atoms with van der Waals surface area (Å²) in [6.07, 6.45) is 9.86. The molecule has 3 heterocycles. The van der Waals surface area contributed by atoms with Crippen molar-refractivity contribution < 1.29 is 18.5 Å². The van der Waals surface area contributed by atoms with Crippen LogP contribution < -0.4 is 0 Å². The van der Waals surface area contributed by atoms with E-state index in [-0.39, 0.29) is 29.4 Å². The summed E-state index contributed by atoms with van der Waals surface area (Å²) in [7, 11) is -1.30. The summed E-state index contributed by atoms with van der Waals surface area (Å²) in [4.78, 5) is 19.1. The van der Waals surface area contributed by atoms with Gasteiger partial charge in [0.2, 0.25) is 0 Å². The number of allylic oxidation sites excluding steroid dienone is 1. The Morgan fingerprint density at radius 3 is 2.60 bits per heavy atom. The summed E-state index contributed by atoms with van der Waals surface area (Å²) in [6.45, 7) is 1.78. The zero-order chi connectivity index (χ0) is 31.7. The minimum atomic E-state index is -3.07. The van der Waals surface area contributed by atoms with E-state index in [4.69, 9.17) is 11.6 Å². The summed E-state index contributed by atoms with van der Waals surface area (Å²) in [6, 6.07) is 10.6. The Hall–Kier alpha value is -3.64. The summed E-state index contributed by atoms with van der Waals surface area (Å²) < 4.78 is 33.7. The van der Waals surface area contributed by atoms with Crippen molar-refractivity contribution in [2.45, 2.75) is 68.2 Å². The standard InChI is InChI=1S/C33H34ClFN6O3S/c1-32(43)17-27(18-32)41(45(3,44)30-11-13-39(2)38-30)26-7-4-22-14-29-21(20-37-40(29)25-8-5-24(35)6-9-25)16-33(22,19-26)31(42)28-15-23(34)10-12-36-28/h5-6,8-15,20,26-27,43H,3-4,7,16-19H2,1-2H3/t26-,27?,32?,33-,45?/m0/s1. The lowest BCUT2D eigenvalue weighted by atomic mass is 9.60. The highest BCUT2D eigenvalue weighted by atomic mass is 35.5. The molecule has 3 atom stereocenters. The van der Waals surface area contributed by atoms with Crippen LogP contribution >= 0.6 is 11.6 Å². The van der Waals surface area contributed by atoms with Gasteiger partial charge in [-0.05, 0) is 105 Å². The molecule has 1 N–H and O–H groups in total. The third-order valence-corrected chi connectivity index (χ3v) is 11.9. The van der Waals surface area contributed by atoms with Gasteiger partial charge in [-0.2, -0.15) is 10.2 Å². The van der Waals surface area contributed by atoms with E-state index in [9.17, 15) is 18.5 Å². The molecule has 3 aliphatic carbocycles. The summed E-state index contributed by atoms with van der Waals surface area (Å²) in [5, 5.41) is 20.6. The Morgan fingerprint density at radius 1 is 1.18 bits per heavy atom. The number of benzene rings is 1. The van der Waals surface area contributed by atoms with Crippen molar-refractivity contribution in [3.63, 3.8) is 0 Å². The Balaban J connectivity index is 1.33. The van der Waals surface area contributed by atoms with Crippen LogP contribution in [0.4, 0.5) is 4.39 Å². The molecule has 0 spiro atoms. The second kappa shape index (κ2) is 10.7. The molecule has 3 aromatic heterocycles. The number of nitrogens with zero attached hydrogens (tertiary/aromatic N) is 6. The topological polar surface area (TPSA) is 106 Å². The fourth-order valence-corrected chi connectivity index (χ4v) is 9.65. The average molecular weight is 649 g/mol. The van der Waals surface area contributed by atoms with Gasteiger partial charge in [-0.15, -0.1) is 0 Å². The van der Waals surface area contributed by atoms with Gasteiger partial charge in [-0.25, -0.2) is 17.6 Å². The average Bonchev–Trinajstić information content (AvgIpc) is 3.61. The van der Waals surface area contributed by atoms with Crippen molar-refractivity contribution >= 4 is 39.0 Å². The molecule has 1 aromatic carbocycles. The fraction of sp³-hybridized carbons (Fsp3) is 0.364. The molecule has 2 saturated carbocycles. The summed E-state index contributed by atoms with van der Waals surface area (Å²) >= 11 is 6.33. The molecule has 1 unspecified atom stereocenters. The first-order valence-corrected chi connectivity index (χ1v) is 17.0. The number of Topliss-reactive ketones (excluding diaryl/α,β-unsaturated/α-hetero) is 1. The van der Waals surface area contributed by atoms with Gasteiger partial charge in [0, 0.05) is 36.5 Å². The highest BCUT2D eigenvalue weighted by molar-refractivity contribution is 7.98. The number of fused-ring (bicyclic) bond motifs is 2. The summed E-state index contributed by atoms with van der Waals surface area (Å²) in [5.74, 6) is 3.74. The van der Waals surface area contributed by atoms with E-state index in [1.807, 2.05) is 10.4 Å². The molecule has 0 aliphatic heterocycles. The van der Waals surface area contributed by atoms with Crippen molar-refractivity contribution in [2.75, 3.05) is 0 Å². The maximum Gasteiger partial charge on any atom is 0.191 e. The molecule has 0 saturated heterocycles. The molecule has 9 nitrogen and oxygen atoms in total. The largest absolute Gasteiger partial charge is 0.390 e. The van der Waals surface area contributed by atoms with Crippen LogP contribution in [-0.4, -0.2) is 67.5 Å². The van der Waals surface area contributed by atoms with Crippen molar-refractivity contribution in [3.8, 4) is 5.69 Å². The van der Waals surface area contributed by atoms with E-state index in [0.29, 0.717) is 54.3 Å². The van der Waals surface area contributed by atoms with Gasteiger partial charge in [-0.1, -0.05) is 17.2 Å². The molecular formula is C33H34ClFN6O3S. The number of hydrogen-bond donors (Lipinski definition) is 1. The Labute approximate surface area is 266 Å². The lowest BCUT2D eigenvalue weighted by Crippen LogP contribution is -2.60. The van der Waals surface area contributed by atoms with Crippen molar-refractivity contribution in [2.24, 2.45) is 12.5 Å². The lowest BCUT2D eigenvalue weighted by molar-refractivity contribution is -0.0680. The van der Waals surface area contributed by atoms with Crippen LogP contribution in [0.15, 0.2) is 71.7 Å². The van der Waals surface area contributed by atoms with Gasteiger partial charge in [0.05, 0.1) is 38.3 Å². The van der Waals surface area contributed by atoms with E-state index in [1.54, 1.807) is 66.1 Å². The molecular weight excluding hydrogens is 615 g/mol. The van der Waals surface area contributed by atoms with Crippen LogP contribution in [0, 0.1) is 11.2 Å². The van der Waals surface area contributed by atoms with Crippen molar-refractivity contribution in [3.05, 3.63) is 94.4 Å². The third-order valence-electron chi connectivity index (χ3n) is 9.52. The summed E-state index contributed by atoms with van der Waals surface area (Å²) in [5.41, 5.74) is 1.77. The number of aromatic nitrogens is 5. The van der Waals surface area contributed by atoms with Crippen molar-refractivity contribution in [1.29, 1.82) is 0 Å². The zero-order valence-corrected chi connectivity index (χ0v) is 26.6. The van der Waals surface area contributed by atoms with Gasteiger partial charge in [0.25, 0.3) is 0 Å². The highest BCUT2D eigenvalue weighted by Crippen LogP contribution is 2.53. The van der Waals surface area contributed by atoms with E-state index in [1.165, 1.54) is 18.3 Å². The van der Waals surface area contributed by atoms with Gasteiger partial charge in [0.1, 0.15) is 11.5 Å². The first-order valence-electron chi connectivity index (χ1n) is 14.9. The van der Waals surface area contributed by atoms with Crippen LogP contribution in [-0.2, 0) is 23.2 Å². The van der Waals surface area contributed by atoms with E-state index in [2.05, 4.69) is 21.1 Å². The van der Waals surface area contributed by atoms with Gasteiger partial charge < -0.3 is 5.11 Å². The predicted molar refractivity (Wildman–Crippen MR) is 171 cm³/mol. The Kier molecular flexibility index (Phi) is 7.16. The normalized spacial score (nSPS) is 27.2. The van der Waals surface area contributed by atoms with Gasteiger partial charge in [-0.3, -0.25) is 14.5 Å². The van der Waals surface area contributed by atoms with Gasteiger partial charge >= 0.3 is 0 Å². The SMILES string of the molecule is C=S(=O)(c1ccn(C)n1)N(C1CC(C)(O)C1)[C@H]1CCC2=Cc3c(cnn3-c3ccc(F)cc3)C[C@]2(C(=O)c2cc(Cl)ccn2)C1. The van der Waals surface area contributed by atoms with Crippen molar-refractivity contribution in [1.82, 2.24) is 28.9 Å². The number of halogens is 2. The van der Waals surface area contributed by atoms with Crippen LogP contribution in [0.25, 0.3) is 11.8 Å². The molecule has 12 heteroatoms. The van der Waals surface area contributed by atoms with E-state index < -0.39 is 20.7 Å². The number of rotatable bonds is 7. The molecule has 0 amide bonds. The molecule has 45 heavy (non-hydrogen) atoms. The molecule has 7 rings (SSSR count). The molecule has 3 aliphatic rings.